The molecule has 1 aliphatic carbocycles. The normalized spacial score (nSPS) is 20.1. The summed E-state index contributed by atoms with van der Waals surface area (Å²) in [4.78, 5) is 24.2. The molecule has 1 fully saturated rings. The number of hydrogen-bond donors (Lipinski definition) is 1. The number of carbonyl (C=O) groups excluding carboxylic acids is 2. The number of amides is 1. The Kier molecular flexibility index (Phi) is 6.37. The van der Waals surface area contributed by atoms with Gasteiger partial charge in [-0.25, -0.2) is 0 Å². The van der Waals surface area contributed by atoms with Gasteiger partial charge in [0.2, 0.25) is 0 Å². The molecule has 0 radical (unpaired) electrons. The van der Waals surface area contributed by atoms with Crippen molar-refractivity contribution in [1.29, 1.82) is 0 Å². The van der Waals surface area contributed by atoms with Crippen LogP contribution in [0.3, 0.4) is 0 Å². The molecule has 3 rings (SSSR count). The molecule has 1 aromatic carbocycles. The molecule has 1 amide bonds. The summed E-state index contributed by atoms with van der Waals surface area (Å²) in [7, 11) is 0. The van der Waals surface area contributed by atoms with E-state index in [9.17, 15) is 9.59 Å². The first-order valence-corrected chi connectivity index (χ1v) is 10.2. The summed E-state index contributed by atoms with van der Waals surface area (Å²) >= 11 is 0. The van der Waals surface area contributed by atoms with Gasteiger partial charge in [-0.3, -0.25) is 9.59 Å². The predicted octanol–water partition coefficient (Wildman–Crippen LogP) is 4.02. The number of ether oxygens (including phenoxy) is 1. The van der Waals surface area contributed by atoms with Crippen molar-refractivity contribution in [2.24, 2.45) is 11.3 Å². The van der Waals surface area contributed by atoms with E-state index >= 15 is 0 Å². The molecule has 0 bridgehead atoms. The third kappa shape index (κ3) is 4.91. The maximum atomic E-state index is 12.1. The fraction of sp³-hybridized carbons (Fsp3) is 0.591. The van der Waals surface area contributed by atoms with Crippen molar-refractivity contribution >= 4 is 22.8 Å². The van der Waals surface area contributed by atoms with Crippen molar-refractivity contribution in [3.05, 3.63) is 30.0 Å². The Morgan fingerprint density at radius 1 is 1.21 bits per heavy atom. The average Bonchev–Trinajstić information content (AvgIpc) is 3.10. The number of fused-ring (bicyclic) bond motifs is 1. The van der Waals surface area contributed by atoms with Crippen LogP contribution in [0, 0.1) is 11.3 Å². The zero-order chi connectivity index (χ0) is 20.1. The minimum absolute atomic E-state index is 0.0124. The van der Waals surface area contributed by atoms with Crippen LogP contribution in [0.15, 0.2) is 28.8 Å². The summed E-state index contributed by atoms with van der Waals surface area (Å²) in [5.74, 6) is -0.0140. The minimum atomic E-state index is -0.484. The van der Waals surface area contributed by atoms with Gasteiger partial charge in [0.15, 0.2) is 12.2 Å². The first-order valence-electron chi connectivity index (χ1n) is 10.2. The molecule has 1 aromatic heterocycles. The molecule has 0 unspecified atom stereocenters. The molecule has 6 nitrogen and oxygen atoms in total. The lowest BCUT2D eigenvalue weighted by Gasteiger charge is -2.39. The lowest BCUT2D eigenvalue weighted by Crippen LogP contribution is -2.41. The van der Waals surface area contributed by atoms with Gasteiger partial charge in [0.05, 0.1) is 6.42 Å². The van der Waals surface area contributed by atoms with Crippen molar-refractivity contribution in [1.82, 2.24) is 10.5 Å². The first kappa shape index (κ1) is 20.4. The van der Waals surface area contributed by atoms with Gasteiger partial charge in [-0.2, -0.15) is 0 Å². The smallest absolute Gasteiger partial charge is 0.312 e. The molecular formula is C22H30N2O4. The molecule has 0 spiro atoms. The third-order valence-corrected chi connectivity index (χ3v) is 6.24. The van der Waals surface area contributed by atoms with E-state index in [1.165, 1.54) is 6.42 Å². The van der Waals surface area contributed by atoms with Crippen LogP contribution < -0.4 is 5.32 Å². The first-order chi connectivity index (χ1) is 13.4. The van der Waals surface area contributed by atoms with Crippen molar-refractivity contribution in [3.8, 4) is 0 Å². The van der Waals surface area contributed by atoms with E-state index in [2.05, 4.69) is 31.2 Å². The van der Waals surface area contributed by atoms with Crippen LogP contribution in [0.25, 0.3) is 11.0 Å². The molecule has 1 saturated carbocycles. The average molecular weight is 386 g/mol. The quantitative estimate of drug-likeness (QED) is 0.727. The zero-order valence-corrected chi connectivity index (χ0v) is 17.0. The number of benzene rings is 1. The molecular weight excluding hydrogens is 356 g/mol. The summed E-state index contributed by atoms with van der Waals surface area (Å²) in [6.07, 6.45) is 5.39. The summed E-state index contributed by atoms with van der Waals surface area (Å²) < 4.78 is 10.3. The van der Waals surface area contributed by atoms with E-state index in [0.29, 0.717) is 22.6 Å². The summed E-state index contributed by atoms with van der Waals surface area (Å²) in [5.41, 5.74) is 1.51. The van der Waals surface area contributed by atoms with Gasteiger partial charge >= 0.3 is 5.97 Å². The van der Waals surface area contributed by atoms with Gasteiger partial charge in [-0.15, -0.1) is 0 Å². The van der Waals surface area contributed by atoms with Crippen molar-refractivity contribution in [2.45, 2.75) is 65.3 Å². The van der Waals surface area contributed by atoms with Crippen molar-refractivity contribution in [3.63, 3.8) is 0 Å². The third-order valence-electron chi connectivity index (χ3n) is 6.24. The Morgan fingerprint density at radius 2 is 1.93 bits per heavy atom. The Bertz CT molecular complexity index is 819. The largest absolute Gasteiger partial charge is 0.455 e. The van der Waals surface area contributed by atoms with Crippen LogP contribution in [0.5, 0.6) is 0 Å². The Morgan fingerprint density at radius 3 is 2.64 bits per heavy atom. The van der Waals surface area contributed by atoms with Gasteiger partial charge in [-0.05, 0) is 49.1 Å². The van der Waals surface area contributed by atoms with Crippen LogP contribution in [0.2, 0.25) is 0 Å². The Hall–Kier alpha value is -2.37. The number of aromatic nitrogens is 1. The van der Waals surface area contributed by atoms with Gasteiger partial charge in [0.1, 0.15) is 5.69 Å². The SMILES string of the molecule is CCC(C)(C)C1CCC(NC(=O)COC(=O)Cc2noc3ccccc23)CC1. The number of esters is 1. The van der Waals surface area contributed by atoms with Gasteiger partial charge in [0, 0.05) is 11.4 Å². The molecule has 0 atom stereocenters. The monoisotopic (exact) mass is 386 g/mol. The number of hydrogen-bond acceptors (Lipinski definition) is 5. The predicted molar refractivity (Wildman–Crippen MR) is 107 cm³/mol. The molecule has 6 heteroatoms. The van der Waals surface area contributed by atoms with Crippen LogP contribution in [-0.2, 0) is 20.7 Å². The molecule has 2 aromatic rings. The standard InChI is InChI=1S/C22H30N2O4/c1-4-22(2,3)15-9-11-16(12-10-15)23-20(25)14-27-21(26)13-18-17-7-5-6-8-19(17)28-24-18/h5-8,15-16H,4,9-14H2,1-3H3,(H,23,25). The highest BCUT2D eigenvalue weighted by Gasteiger charge is 2.32. The molecule has 1 N–H and O–H groups in total. The van der Waals surface area contributed by atoms with Crippen LogP contribution >= 0.6 is 0 Å². The maximum absolute atomic E-state index is 12.1. The van der Waals surface area contributed by atoms with Crippen LogP contribution in [-0.4, -0.2) is 29.7 Å². The van der Waals surface area contributed by atoms with E-state index in [1.807, 2.05) is 18.2 Å². The zero-order valence-electron chi connectivity index (χ0n) is 17.0. The topological polar surface area (TPSA) is 81.4 Å². The summed E-state index contributed by atoms with van der Waals surface area (Å²) in [6, 6.07) is 7.52. The second kappa shape index (κ2) is 8.76. The fourth-order valence-corrected chi connectivity index (χ4v) is 3.98. The van der Waals surface area contributed by atoms with Gasteiger partial charge in [-0.1, -0.05) is 44.5 Å². The summed E-state index contributed by atoms with van der Waals surface area (Å²) in [6.45, 7) is 6.64. The van der Waals surface area contributed by atoms with Crippen molar-refractivity contribution in [2.75, 3.05) is 6.61 Å². The van der Waals surface area contributed by atoms with Gasteiger partial charge < -0.3 is 14.6 Å². The van der Waals surface area contributed by atoms with E-state index in [-0.39, 0.29) is 25.0 Å². The van der Waals surface area contributed by atoms with Crippen molar-refractivity contribution < 1.29 is 18.8 Å². The number of para-hydroxylation sites is 1. The highest BCUT2D eigenvalue weighted by molar-refractivity contribution is 5.85. The minimum Gasteiger partial charge on any atom is -0.455 e. The molecule has 0 aliphatic heterocycles. The second-order valence-corrected chi connectivity index (χ2v) is 8.42. The lowest BCUT2D eigenvalue weighted by atomic mass is 9.69. The maximum Gasteiger partial charge on any atom is 0.312 e. The van der Waals surface area contributed by atoms with Gasteiger partial charge in [0.25, 0.3) is 5.91 Å². The second-order valence-electron chi connectivity index (χ2n) is 8.42. The van der Waals surface area contributed by atoms with E-state index < -0.39 is 5.97 Å². The van der Waals surface area contributed by atoms with E-state index in [4.69, 9.17) is 9.26 Å². The molecule has 152 valence electrons. The molecule has 1 heterocycles. The number of rotatable bonds is 7. The Labute approximate surface area is 166 Å². The van der Waals surface area contributed by atoms with Crippen LogP contribution in [0.4, 0.5) is 0 Å². The fourth-order valence-electron chi connectivity index (χ4n) is 3.98. The lowest BCUT2D eigenvalue weighted by molar-refractivity contribution is -0.148. The molecule has 0 saturated heterocycles. The number of nitrogens with zero attached hydrogens (tertiary/aromatic N) is 1. The highest BCUT2D eigenvalue weighted by Crippen LogP contribution is 2.40. The highest BCUT2D eigenvalue weighted by atomic mass is 16.5. The molecule has 1 aliphatic rings. The number of nitrogens with one attached hydrogen (secondary N) is 1. The molecule has 28 heavy (non-hydrogen) atoms. The number of carbonyl (C=O) groups is 2. The summed E-state index contributed by atoms with van der Waals surface area (Å²) in [5, 5.41) is 7.70. The van der Waals surface area contributed by atoms with E-state index in [1.54, 1.807) is 6.07 Å². The van der Waals surface area contributed by atoms with E-state index in [0.717, 1.165) is 31.1 Å². The van der Waals surface area contributed by atoms with Crippen LogP contribution in [0.1, 0.15) is 58.6 Å². The Balaban J connectivity index is 1.40.